The van der Waals surface area contributed by atoms with E-state index in [9.17, 15) is 5.11 Å². The Morgan fingerprint density at radius 1 is 0.737 bits per heavy atom. The first kappa shape index (κ1) is 17.0. The Hall–Kier alpha value is -0.0400. The van der Waals surface area contributed by atoms with Gasteiger partial charge in [-0.2, -0.15) is 0 Å². The van der Waals surface area contributed by atoms with Crippen molar-refractivity contribution >= 4 is 0 Å². The van der Waals surface area contributed by atoms with E-state index in [-0.39, 0.29) is 6.10 Å². The third-order valence-corrected chi connectivity index (χ3v) is 5.00. The van der Waals surface area contributed by atoms with Crippen LogP contribution in [0.5, 0.6) is 0 Å². The van der Waals surface area contributed by atoms with Crippen molar-refractivity contribution in [1.29, 1.82) is 0 Å². The summed E-state index contributed by atoms with van der Waals surface area (Å²) in [6.07, 6.45) is 17.3. The predicted molar refractivity (Wildman–Crippen MR) is 84.4 cm³/mol. The predicted octanol–water partition coefficient (Wildman–Crippen LogP) is 5.70. The zero-order valence-electron chi connectivity index (χ0n) is 13.4. The Labute approximate surface area is 121 Å². The minimum atomic E-state index is 0.0160. The van der Waals surface area contributed by atoms with E-state index in [1.165, 1.54) is 77.0 Å². The lowest BCUT2D eigenvalue weighted by Crippen LogP contribution is -2.19. The summed E-state index contributed by atoms with van der Waals surface area (Å²) in [7, 11) is 0. The number of aliphatic hydroxyl groups excluding tert-OH is 1. The number of hydrogen-bond acceptors (Lipinski definition) is 1. The van der Waals surface area contributed by atoms with Gasteiger partial charge in [0, 0.05) is 0 Å². The summed E-state index contributed by atoms with van der Waals surface area (Å²) in [5, 5.41) is 10.2. The lowest BCUT2D eigenvalue weighted by Gasteiger charge is -2.22. The molecule has 1 rings (SSSR count). The Morgan fingerprint density at radius 2 is 1.32 bits per heavy atom. The van der Waals surface area contributed by atoms with E-state index in [0.717, 1.165) is 12.3 Å². The molecule has 3 atom stereocenters. The standard InChI is InChI=1S/C18H36O/c1-3-5-7-9-10-12-16-14-15-18(19)17(16)13-11-8-6-4-2/h16-19H,3-15H2,1-2H3/t16-,17-,18+/m0/s1. The van der Waals surface area contributed by atoms with E-state index < -0.39 is 0 Å². The van der Waals surface area contributed by atoms with Crippen LogP contribution >= 0.6 is 0 Å². The molecule has 19 heavy (non-hydrogen) atoms. The SMILES string of the molecule is CCCCCCC[C@H]1CC[C@@H](O)[C@H]1CCCCCC. The monoisotopic (exact) mass is 268 g/mol. The average Bonchev–Trinajstić information content (AvgIpc) is 2.76. The van der Waals surface area contributed by atoms with E-state index in [4.69, 9.17) is 0 Å². The van der Waals surface area contributed by atoms with Crippen LogP contribution in [0.3, 0.4) is 0 Å². The maximum atomic E-state index is 10.2. The molecule has 0 aromatic rings. The van der Waals surface area contributed by atoms with Gasteiger partial charge in [-0.05, 0) is 31.1 Å². The second kappa shape index (κ2) is 10.7. The fraction of sp³-hybridized carbons (Fsp3) is 1.00. The highest BCUT2D eigenvalue weighted by Gasteiger charge is 2.33. The molecule has 0 saturated heterocycles. The molecule has 0 heterocycles. The molecule has 0 aromatic carbocycles. The van der Waals surface area contributed by atoms with Gasteiger partial charge in [0.25, 0.3) is 0 Å². The van der Waals surface area contributed by atoms with Gasteiger partial charge in [-0.25, -0.2) is 0 Å². The molecule has 0 spiro atoms. The molecule has 0 radical (unpaired) electrons. The summed E-state index contributed by atoms with van der Waals surface area (Å²) in [4.78, 5) is 0. The number of unbranched alkanes of at least 4 members (excludes halogenated alkanes) is 7. The van der Waals surface area contributed by atoms with Crippen LogP contribution < -0.4 is 0 Å². The minimum absolute atomic E-state index is 0.0160. The molecular formula is C18H36O. The van der Waals surface area contributed by atoms with E-state index in [2.05, 4.69) is 13.8 Å². The number of rotatable bonds is 11. The third-order valence-electron chi connectivity index (χ3n) is 5.00. The molecule has 1 aliphatic carbocycles. The zero-order valence-corrected chi connectivity index (χ0v) is 13.4. The molecule has 1 N–H and O–H groups in total. The Bertz CT molecular complexity index is 202. The van der Waals surface area contributed by atoms with Crippen molar-refractivity contribution in [1.82, 2.24) is 0 Å². The van der Waals surface area contributed by atoms with E-state index in [0.29, 0.717) is 5.92 Å². The molecule has 114 valence electrons. The van der Waals surface area contributed by atoms with Crippen molar-refractivity contribution in [3.05, 3.63) is 0 Å². The van der Waals surface area contributed by atoms with Crippen molar-refractivity contribution in [3.8, 4) is 0 Å². The van der Waals surface area contributed by atoms with Gasteiger partial charge in [0.15, 0.2) is 0 Å². The molecule has 1 saturated carbocycles. The fourth-order valence-corrected chi connectivity index (χ4v) is 3.73. The maximum Gasteiger partial charge on any atom is 0.0571 e. The Balaban J connectivity index is 2.15. The summed E-state index contributed by atoms with van der Waals surface area (Å²) < 4.78 is 0. The smallest absolute Gasteiger partial charge is 0.0571 e. The first-order valence-electron chi connectivity index (χ1n) is 8.97. The van der Waals surface area contributed by atoms with Crippen molar-refractivity contribution in [3.63, 3.8) is 0 Å². The molecule has 1 aliphatic rings. The molecule has 1 fully saturated rings. The molecule has 1 nitrogen and oxygen atoms in total. The van der Waals surface area contributed by atoms with Crippen LogP contribution in [-0.4, -0.2) is 11.2 Å². The zero-order chi connectivity index (χ0) is 13.9. The van der Waals surface area contributed by atoms with Crippen LogP contribution in [0.25, 0.3) is 0 Å². The molecule has 0 aliphatic heterocycles. The van der Waals surface area contributed by atoms with Crippen molar-refractivity contribution in [2.24, 2.45) is 11.8 Å². The lowest BCUT2D eigenvalue weighted by molar-refractivity contribution is 0.107. The van der Waals surface area contributed by atoms with E-state index >= 15 is 0 Å². The Kier molecular flexibility index (Phi) is 9.59. The van der Waals surface area contributed by atoms with Crippen molar-refractivity contribution in [2.75, 3.05) is 0 Å². The van der Waals surface area contributed by atoms with Crippen LogP contribution in [-0.2, 0) is 0 Å². The second-order valence-electron chi connectivity index (χ2n) is 6.62. The maximum absolute atomic E-state index is 10.2. The van der Waals surface area contributed by atoms with Gasteiger partial charge in [-0.3, -0.25) is 0 Å². The topological polar surface area (TPSA) is 20.2 Å². The van der Waals surface area contributed by atoms with Gasteiger partial charge >= 0.3 is 0 Å². The van der Waals surface area contributed by atoms with Gasteiger partial charge in [0.05, 0.1) is 6.10 Å². The Morgan fingerprint density at radius 3 is 2.00 bits per heavy atom. The minimum Gasteiger partial charge on any atom is -0.393 e. The summed E-state index contributed by atoms with van der Waals surface area (Å²) in [5.41, 5.74) is 0. The van der Waals surface area contributed by atoms with E-state index in [1.54, 1.807) is 0 Å². The molecule has 0 bridgehead atoms. The summed E-state index contributed by atoms with van der Waals surface area (Å²) in [6.45, 7) is 4.54. The lowest BCUT2D eigenvalue weighted by atomic mass is 9.86. The average molecular weight is 268 g/mol. The quantitative estimate of drug-likeness (QED) is 0.476. The van der Waals surface area contributed by atoms with Crippen molar-refractivity contribution < 1.29 is 5.11 Å². The highest BCUT2D eigenvalue weighted by atomic mass is 16.3. The first-order valence-corrected chi connectivity index (χ1v) is 8.97. The first-order chi connectivity index (χ1) is 9.29. The van der Waals surface area contributed by atoms with Gasteiger partial charge in [0.2, 0.25) is 0 Å². The normalized spacial score (nSPS) is 27.0. The van der Waals surface area contributed by atoms with E-state index in [1.807, 2.05) is 0 Å². The van der Waals surface area contributed by atoms with Gasteiger partial charge in [-0.15, -0.1) is 0 Å². The van der Waals surface area contributed by atoms with Gasteiger partial charge in [-0.1, -0.05) is 78.1 Å². The molecular weight excluding hydrogens is 232 g/mol. The third kappa shape index (κ3) is 6.79. The summed E-state index contributed by atoms with van der Waals surface area (Å²) in [6, 6.07) is 0. The van der Waals surface area contributed by atoms with Crippen LogP contribution in [0, 0.1) is 11.8 Å². The summed E-state index contributed by atoms with van der Waals surface area (Å²) >= 11 is 0. The largest absolute Gasteiger partial charge is 0.393 e. The van der Waals surface area contributed by atoms with Gasteiger partial charge < -0.3 is 5.11 Å². The van der Waals surface area contributed by atoms with Gasteiger partial charge in [0.1, 0.15) is 0 Å². The highest BCUT2D eigenvalue weighted by Crippen LogP contribution is 2.38. The van der Waals surface area contributed by atoms with Crippen molar-refractivity contribution in [2.45, 2.75) is 103 Å². The number of aliphatic hydroxyl groups is 1. The van der Waals surface area contributed by atoms with Crippen LogP contribution in [0.1, 0.15) is 97.3 Å². The second-order valence-corrected chi connectivity index (χ2v) is 6.62. The highest BCUT2D eigenvalue weighted by molar-refractivity contribution is 4.84. The molecule has 0 amide bonds. The van der Waals surface area contributed by atoms with Crippen LogP contribution in [0.2, 0.25) is 0 Å². The van der Waals surface area contributed by atoms with Crippen LogP contribution in [0.15, 0.2) is 0 Å². The molecule has 0 aromatic heterocycles. The van der Waals surface area contributed by atoms with Crippen LogP contribution in [0.4, 0.5) is 0 Å². The molecule has 1 heteroatoms. The molecule has 0 unspecified atom stereocenters. The number of hydrogen-bond donors (Lipinski definition) is 1. The fourth-order valence-electron chi connectivity index (χ4n) is 3.73. The summed E-state index contributed by atoms with van der Waals surface area (Å²) in [5.74, 6) is 1.46.